The monoisotopic (exact) mass is 467 g/mol. The van der Waals surface area contributed by atoms with Gasteiger partial charge >= 0.3 is 0 Å². The summed E-state index contributed by atoms with van der Waals surface area (Å²) in [5.41, 5.74) is 3.11. The van der Waals surface area contributed by atoms with Crippen molar-refractivity contribution in [2.75, 3.05) is 5.32 Å². The van der Waals surface area contributed by atoms with Crippen LogP contribution in [0.3, 0.4) is 0 Å². The molecule has 0 aliphatic carbocycles. The molecule has 162 valence electrons. The van der Waals surface area contributed by atoms with Crippen molar-refractivity contribution >= 4 is 35.0 Å². The van der Waals surface area contributed by atoms with Gasteiger partial charge in [0.2, 0.25) is 5.91 Å². The third-order valence-electron chi connectivity index (χ3n) is 4.75. The van der Waals surface area contributed by atoms with E-state index in [4.69, 9.17) is 11.6 Å². The number of nitrogens with one attached hydrogen (secondary N) is 1. The molecule has 0 spiro atoms. The molecular formula is C23H19ClFN5OS. The number of halogens is 2. The van der Waals surface area contributed by atoms with Gasteiger partial charge in [0, 0.05) is 18.0 Å². The zero-order valence-electron chi connectivity index (χ0n) is 17.3. The average molecular weight is 468 g/mol. The van der Waals surface area contributed by atoms with Gasteiger partial charge in [-0.25, -0.2) is 4.39 Å². The first-order valence-electron chi connectivity index (χ1n) is 9.78. The van der Waals surface area contributed by atoms with Gasteiger partial charge in [0.1, 0.15) is 5.82 Å². The molecule has 4 aromatic rings. The number of anilines is 1. The molecule has 0 unspecified atom stereocenters. The topological polar surface area (TPSA) is 72.7 Å². The number of benzene rings is 2. The van der Waals surface area contributed by atoms with Crippen LogP contribution in [0.4, 0.5) is 10.1 Å². The van der Waals surface area contributed by atoms with Gasteiger partial charge in [-0.1, -0.05) is 41.6 Å². The van der Waals surface area contributed by atoms with Crippen LogP contribution in [0, 0.1) is 12.7 Å². The second-order valence-corrected chi connectivity index (χ2v) is 8.76. The molecule has 2 heterocycles. The van der Waals surface area contributed by atoms with Crippen molar-refractivity contribution in [2.24, 2.45) is 0 Å². The Morgan fingerprint density at radius 3 is 2.69 bits per heavy atom. The van der Waals surface area contributed by atoms with E-state index in [1.165, 1.54) is 23.9 Å². The summed E-state index contributed by atoms with van der Waals surface area (Å²) in [6.45, 7) is 3.77. The lowest BCUT2D eigenvalue weighted by molar-refractivity contribution is -0.115. The van der Waals surface area contributed by atoms with Gasteiger partial charge in [0.25, 0.3) is 0 Å². The molecule has 6 nitrogen and oxygen atoms in total. The van der Waals surface area contributed by atoms with Crippen LogP contribution in [-0.4, -0.2) is 30.9 Å². The van der Waals surface area contributed by atoms with Crippen LogP contribution < -0.4 is 5.32 Å². The van der Waals surface area contributed by atoms with Crippen LogP contribution in [0.15, 0.2) is 72.1 Å². The summed E-state index contributed by atoms with van der Waals surface area (Å²) >= 11 is 7.30. The smallest absolute Gasteiger partial charge is 0.237 e. The molecule has 0 aliphatic heterocycles. The molecule has 0 fully saturated rings. The molecule has 0 saturated heterocycles. The van der Waals surface area contributed by atoms with Crippen LogP contribution in [0.2, 0.25) is 5.02 Å². The van der Waals surface area contributed by atoms with Crippen LogP contribution in [0.1, 0.15) is 12.5 Å². The maximum atomic E-state index is 13.3. The first-order valence-corrected chi connectivity index (χ1v) is 11.0. The molecule has 1 N–H and O–H groups in total. The minimum atomic E-state index is -0.523. The SMILES string of the molecule is Cc1ccccc1-n1c(S[C@@H](C)C(=O)Nc2ccc(F)cc2Cl)nnc1-c1cccnc1. The van der Waals surface area contributed by atoms with Crippen molar-refractivity contribution in [1.82, 2.24) is 19.7 Å². The van der Waals surface area contributed by atoms with Gasteiger partial charge in [-0.3, -0.25) is 14.3 Å². The van der Waals surface area contributed by atoms with E-state index in [0.717, 1.165) is 22.9 Å². The first kappa shape index (κ1) is 22.0. The lowest BCUT2D eigenvalue weighted by Gasteiger charge is -2.15. The van der Waals surface area contributed by atoms with E-state index in [9.17, 15) is 9.18 Å². The van der Waals surface area contributed by atoms with E-state index in [0.29, 0.717) is 16.7 Å². The fraction of sp³-hybridized carbons (Fsp3) is 0.130. The molecule has 9 heteroatoms. The Kier molecular flexibility index (Phi) is 6.53. The molecule has 0 radical (unpaired) electrons. The summed E-state index contributed by atoms with van der Waals surface area (Å²) in [6, 6.07) is 15.5. The van der Waals surface area contributed by atoms with Crippen LogP contribution in [0.5, 0.6) is 0 Å². The maximum absolute atomic E-state index is 13.3. The third-order valence-corrected chi connectivity index (χ3v) is 6.11. The second kappa shape index (κ2) is 9.50. The fourth-order valence-electron chi connectivity index (χ4n) is 3.10. The number of carbonyl (C=O) groups is 1. The largest absolute Gasteiger partial charge is 0.324 e. The van der Waals surface area contributed by atoms with Gasteiger partial charge in [-0.15, -0.1) is 10.2 Å². The molecule has 0 bridgehead atoms. The maximum Gasteiger partial charge on any atom is 0.237 e. The van der Waals surface area contributed by atoms with Crippen molar-refractivity contribution in [3.63, 3.8) is 0 Å². The summed E-state index contributed by atoms with van der Waals surface area (Å²) < 4.78 is 15.2. The lowest BCUT2D eigenvalue weighted by atomic mass is 10.2. The molecule has 0 aliphatic rings. The van der Waals surface area contributed by atoms with Crippen LogP contribution in [-0.2, 0) is 4.79 Å². The predicted octanol–water partition coefficient (Wildman–Crippen LogP) is 5.55. The molecule has 1 atom stereocenters. The number of hydrogen-bond donors (Lipinski definition) is 1. The Morgan fingerprint density at radius 2 is 1.97 bits per heavy atom. The Bertz CT molecular complexity index is 1260. The summed E-state index contributed by atoms with van der Waals surface area (Å²) in [5.74, 6) is -0.125. The van der Waals surface area contributed by atoms with E-state index in [-0.39, 0.29) is 10.9 Å². The minimum absolute atomic E-state index is 0.137. The Labute approximate surface area is 193 Å². The van der Waals surface area contributed by atoms with Crippen LogP contribution in [0.25, 0.3) is 17.1 Å². The molecule has 2 aromatic carbocycles. The number of thioether (sulfide) groups is 1. The van der Waals surface area contributed by atoms with Crippen molar-refractivity contribution in [3.8, 4) is 17.1 Å². The first-order chi connectivity index (χ1) is 15.4. The van der Waals surface area contributed by atoms with E-state index in [1.807, 2.05) is 47.9 Å². The predicted molar refractivity (Wildman–Crippen MR) is 125 cm³/mol. The standard InChI is InChI=1S/C23H19ClFN5OS/c1-14-6-3-4-8-20(14)30-21(16-7-5-11-26-13-16)28-29-23(30)32-15(2)22(31)27-19-10-9-17(25)12-18(19)24/h3-13,15H,1-2H3,(H,27,31)/t15-/m0/s1. The van der Waals surface area contributed by atoms with Gasteiger partial charge in [-0.05, 0) is 55.8 Å². The van der Waals surface area contributed by atoms with E-state index in [1.54, 1.807) is 19.3 Å². The van der Waals surface area contributed by atoms with Crippen molar-refractivity contribution in [1.29, 1.82) is 0 Å². The molecule has 32 heavy (non-hydrogen) atoms. The third kappa shape index (κ3) is 4.66. The number of aryl methyl sites for hydroxylation is 1. The van der Waals surface area contributed by atoms with Gasteiger partial charge in [-0.2, -0.15) is 0 Å². The summed E-state index contributed by atoms with van der Waals surface area (Å²) in [7, 11) is 0. The van der Waals surface area contributed by atoms with Crippen molar-refractivity contribution in [2.45, 2.75) is 24.3 Å². The fourth-order valence-corrected chi connectivity index (χ4v) is 4.17. The Balaban J connectivity index is 1.65. The number of pyridine rings is 1. The highest BCUT2D eigenvalue weighted by Gasteiger charge is 2.23. The molecule has 2 aromatic heterocycles. The second-order valence-electron chi connectivity index (χ2n) is 7.04. The van der Waals surface area contributed by atoms with E-state index < -0.39 is 11.1 Å². The highest BCUT2D eigenvalue weighted by atomic mass is 35.5. The van der Waals surface area contributed by atoms with E-state index in [2.05, 4.69) is 20.5 Å². The lowest BCUT2D eigenvalue weighted by Crippen LogP contribution is -2.23. The number of amides is 1. The van der Waals surface area contributed by atoms with E-state index >= 15 is 0 Å². The number of aromatic nitrogens is 4. The van der Waals surface area contributed by atoms with Gasteiger partial charge in [0.05, 0.1) is 21.6 Å². The summed E-state index contributed by atoms with van der Waals surface area (Å²) in [5, 5.41) is 11.7. The number of carbonyl (C=O) groups excluding carboxylic acids is 1. The molecule has 4 rings (SSSR count). The number of para-hydroxylation sites is 1. The summed E-state index contributed by atoms with van der Waals surface area (Å²) in [6.07, 6.45) is 3.42. The Hall–Kier alpha value is -3.23. The quantitative estimate of drug-likeness (QED) is 0.376. The molecule has 1 amide bonds. The summed E-state index contributed by atoms with van der Waals surface area (Å²) in [4.78, 5) is 17.0. The molecule has 0 saturated carbocycles. The highest BCUT2D eigenvalue weighted by Crippen LogP contribution is 2.32. The zero-order valence-corrected chi connectivity index (χ0v) is 18.9. The average Bonchev–Trinajstić information content (AvgIpc) is 3.19. The van der Waals surface area contributed by atoms with Crippen molar-refractivity contribution < 1.29 is 9.18 Å². The number of nitrogens with zero attached hydrogens (tertiary/aromatic N) is 4. The number of rotatable bonds is 6. The Morgan fingerprint density at radius 1 is 1.16 bits per heavy atom. The number of hydrogen-bond acceptors (Lipinski definition) is 5. The normalized spacial score (nSPS) is 11.9. The van der Waals surface area contributed by atoms with Crippen molar-refractivity contribution in [3.05, 3.63) is 83.4 Å². The van der Waals surface area contributed by atoms with Crippen LogP contribution >= 0.6 is 23.4 Å². The molecular weight excluding hydrogens is 449 g/mol. The van der Waals surface area contributed by atoms with Gasteiger partial charge in [0.15, 0.2) is 11.0 Å². The minimum Gasteiger partial charge on any atom is -0.324 e. The highest BCUT2D eigenvalue weighted by molar-refractivity contribution is 8.00. The zero-order chi connectivity index (χ0) is 22.7. The van der Waals surface area contributed by atoms with Gasteiger partial charge < -0.3 is 5.32 Å².